The van der Waals surface area contributed by atoms with Crippen LogP contribution in [0.25, 0.3) is 0 Å². The number of amides is 1. The molecule has 0 atom stereocenters. The number of aryl methyl sites for hydroxylation is 2. The maximum atomic E-state index is 11.6. The van der Waals surface area contributed by atoms with Crippen LogP contribution in [0.2, 0.25) is 0 Å². The minimum absolute atomic E-state index is 0.172. The Hall–Kier alpha value is -1.36. The monoisotopic (exact) mass is 195 g/mol. The van der Waals surface area contributed by atoms with Gasteiger partial charge in [0.15, 0.2) is 5.89 Å². The summed E-state index contributed by atoms with van der Waals surface area (Å²) in [5.74, 6) is 0.684. The van der Waals surface area contributed by atoms with E-state index < -0.39 is 0 Å². The molecule has 0 aliphatic carbocycles. The van der Waals surface area contributed by atoms with Crippen LogP contribution >= 0.6 is 0 Å². The van der Waals surface area contributed by atoms with Gasteiger partial charge in [0.2, 0.25) is 5.76 Å². The molecule has 5 heteroatoms. The average Bonchev–Trinajstić information content (AvgIpc) is 2.37. The Kier molecular flexibility index (Phi) is 2.25. The van der Waals surface area contributed by atoms with E-state index >= 15 is 0 Å². The number of nitrogens with one attached hydrogen (secondary N) is 2. The van der Waals surface area contributed by atoms with E-state index in [4.69, 9.17) is 4.42 Å². The van der Waals surface area contributed by atoms with Crippen LogP contribution in [-0.4, -0.2) is 30.0 Å². The molecule has 2 heterocycles. The van der Waals surface area contributed by atoms with Gasteiger partial charge >= 0.3 is 0 Å². The number of hydrogen-bond acceptors (Lipinski definition) is 4. The number of carbonyl (C=O) groups excluding carboxylic acids is 1. The number of oxazole rings is 1. The molecule has 1 aromatic heterocycles. The third kappa shape index (κ3) is 1.63. The fourth-order valence-electron chi connectivity index (χ4n) is 1.38. The molecule has 1 aromatic rings. The van der Waals surface area contributed by atoms with Crippen LogP contribution in [-0.2, 0) is 0 Å². The molecule has 1 aliphatic heterocycles. The van der Waals surface area contributed by atoms with E-state index in [0.717, 1.165) is 13.1 Å². The maximum absolute atomic E-state index is 11.6. The zero-order valence-corrected chi connectivity index (χ0v) is 8.26. The van der Waals surface area contributed by atoms with Crippen molar-refractivity contribution in [2.75, 3.05) is 13.1 Å². The third-order valence-corrected chi connectivity index (χ3v) is 2.23. The van der Waals surface area contributed by atoms with Gasteiger partial charge in [0.1, 0.15) is 0 Å². The van der Waals surface area contributed by atoms with Crippen LogP contribution in [0, 0.1) is 13.8 Å². The normalized spacial score (nSPS) is 16.4. The molecule has 1 saturated heterocycles. The van der Waals surface area contributed by atoms with Crippen LogP contribution in [0.5, 0.6) is 0 Å². The first-order valence-corrected chi connectivity index (χ1v) is 4.62. The zero-order chi connectivity index (χ0) is 10.1. The van der Waals surface area contributed by atoms with Gasteiger partial charge in [-0.05, 0) is 6.92 Å². The molecule has 0 spiro atoms. The molecule has 2 N–H and O–H groups in total. The van der Waals surface area contributed by atoms with Crippen molar-refractivity contribution in [2.45, 2.75) is 19.9 Å². The van der Waals surface area contributed by atoms with E-state index in [2.05, 4.69) is 15.6 Å². The summed E-state index contributed by atoms with van der Waals surface area (Å²) in [6, 6.07) is 0.229. The molecule has 0 bridgehead atoms. The zero-order valence-electron chi connectivity index (χ0n) is 8.26. The average molecular weight is 195 g/mol. The molecular weight excluding hydrogens is 182 g/mol. The molecule has 1 amide bonds. The van der Waals surface area contributed by atoms with E-state index in [1.54, 1.807) is 13.8 Å². The molecule has 14 heavy (non-hydrogen) atoms. The summed E-state index contributed by atoms with van der Waals surface area (Å²) < 4.78 is 5.20. The quantitative estimate of drug-likeness (QED) is 0.696. The predicted molar refractivity (Wildman–Crippen MR) is 50.1 cm³/mol. The standard InChI is InChI=1S/C9H13N3O2/c1-5-8(14-6(2)11-5)9(13)12-7-3-10-4-7/h7,10H,3-4H2,1-2H3,(H,12,13). The second-order valence-electron chi connectivity index (χ2n) is 3.48. The molecule has 0 aromatic carbocycles. The Morgan fingerprint density at radius 2 is 2.29 bits per heavy atom. The van der Waals surface area contributed by atoms with Crippen LogP contribution in [0.1, 0.15) is 22.1 Å². The van der Waals surface area contributed by atoms with Crippen LogP contribution in [0.3, 0.4) is 0 Å². The van der Waals surface area contributed by atoms with E-state index in [0.29, 0.717) is 17.3 Å². The summed E-state index contributed by atoms with van der Waals surface area (Å²) >= 11 is 0. The summed E-state index contributed by atoms with van der Waals surface area (Å²) in [6.07, 6.45) is 0. The van der Waals surface area contributed by atoms with E-state index in [1.165, 1.54) is 0 Å². The molecule has 0 unspecified atom stereocenters. The van der Waals surface area contributed by atoms with E-state index in [9.17, 15) is 4.79 Å². The first kappa shape index (κ1) is 9.21. The van der Waals surface area contributed by atoms with E-state index in [1.807, 2.05) is 0 Å². The molecular formula is C9H13N3O2. The Morgan fingerprint density at radius 3 is 2.71 bits per heavy atom. The van der Waals surface area contributed by atoms with Crippen molar-refractivity contribution in [1.82, 2.24) is 15.6 Å². The van der Waals surface area contributed by atoms with Gasteiger partial charge in [0, 0.05) is 20.0 Å². The summed E-state index contributed by atoms with van der Waals surface area (Å²) in [6.45, 7) is 5.16. The summed E-state index contributed by atoms with van der Waals surface area (Å²) in [4.78, 5) is 15.6. The van der Waals surface area contributed by atoms with Gasteiger partial charge in [-0.15, -0.1) is 0 Å². The fraction of sp³-hybridized carbons (Fsp3) is 0.556. The number of aromatic nitrogens is 1. The Labute approximate surface area is 81.9 Å². The van der Waals surface area contributed by atoms with Crippen LogP contribution in [0.4, 0.5) is 0 Å². The fourth-order valence-corrected chi connectivity index (χ4v) is 1.38. The lowest BCUT2D eigenvalue weighted by atomic mass is 10.2. The van der Waals surface area contributed by atoms with Crippen molar-refractivity contribution >= 4 is 5.91 Å². The topological polar surface area (TPSA) is 67.2 Å². The molecule has 0 saturated carbocycles. The molecule has 0 radical (unpaired) electrons. The molecule has 2 rings (SSSR count). The van der Waals surface area contributed by atoms with Crippen molar-refractivity contribution in [2.24, 2.45) is 0 Å². The summed E-state index contributed by atoms with van der Waals surface area (Å²) in [5, 5.41) is 5.93. The minimum atomic E-state index is -0.172. The first-order chi connectivity index (χ1) is 6.66. The lowest BCUT2D eigenvalue weighted by Gasteiger charge is -2.27. The highest BCUT2D eigenvalue weighted by Gasteiger charge is 2.22. The molecule has 5 nitrogen and oxygen atoms in total. The minimum Gasteiger partial charge on any atom is -0.436 e. The lowest BCUT2D eigenvalue weighted by Crippen LogP contribution is -2.56. The Balaban J connectivity index is 2.06. The number of carbonyl (C=O) groups is 1. The Morgan fingerprint density at radius 1 is 1.57 bits per heavy atom. The van der Waals surface area contributed by atoms with Crippen molar-refractivity contribution in [1.29, 1.82) is 0 Å². The van der Waals surface area contributed by atoms with Crippen molar-refractivity contribution in [3.8, 4) is 0 Å². The SMILES string of the molecule is Cc1nc(C)c(C(=O)NC2CNC2)o1. The van der Waals surface area contributed by atoms with Gasteiger partial charge in [-0.25, -0.2) is 4.98 Å². The van der Waals surface area contributed by atoms with Crippen LogP contribution in [0.15, 0.2) is 4.42 Å². The molecule has 76 valence electrons. The first-order valence-electron chi connectivity index (χ1n) is 4.62. The highest BCUT2D eigenvalue weighted by Crippen LogP contribution is 2.09. The van der Waals surface area contributed by atoms with Gasteiger partial charge < -0.3 is 15.1 Å². The lowest BCUT2D eigenvalue weighted by molar-refractivity contribution is 0.0893. The second-order valence-corrected chi connectivity index (χ2v) is 3.48. The van der Waals surface area contributed by atoms with Crippen LogP contribution < -0.4 is 10.6 Å². The highest BCUT2D eigenvalue weighted by molar-refractivity contribution is 5.92. The van der Waals surface area contributed by atoms with Crippen molar-refractivity contribution in [3.05, 3.63) is 17.3 Å². The van der Waals surface area contributed by atoms with Gasteiger partial charge in [-0.3, -0.25) is 4.79 Å². The smallest absolute Gasteiger partial charge is 0.289 e. The van der Waals surface area contributed by atoms with Crippen molar-refractivity contribution in [3.63, 3.8) is 0 Å². The summed E-state index contributed by atoms with van der Waals surface area (Å²) in [5.41, 5.74) is 0.646. The van der Waals surface area contributed by atoms with Crippen molar-refractivity contribution < 1.29 is 9.21 Å². The van der Waals surface area contributed by atoms with Gasteiger partial charge in [0.05, 0.1) is 11.7 Å². The summed E-state index contributed by atoms with van der Waals surface area (Å²) in [7, 11) is 0. The molecule has 1 aliphatic rings. The van der Waals surface area contributed by atoms with E-state index in [-0.39, 0.29) is 11.9 Å². The largest absolute Gasteiger partial charge is 0.436 e. The van der Waals surface area contributed by atoms with Gasteiger partial charge in [-0.2, -0.15) is 0 Å². The Bertz CT molecular complexity index is 355. The maximum Gasteiger partial charge on any atom is 0.289 e. The third-order valence-electron chi connectivity index (χ3n) is 2.23. The number of nitrogens with zero attached hydrogens (tertiary/aromatic N) is 1. The predicted octanol–water partition coefficient (Wildman–Crippen LogP) is -0.00696. The second kappa shape index (κ2) is 3.42. The molecule has 1 fully saturated rings. The van der Waals surface area contributed by atoms with Gasteiger partial charge in [0.25, 0.3) is 5.91 Å². The van der Waals surface area contributed by atoms with Gasteiger partial charge in [-0.1, -0.05) is 0 Å². The number of hydrogen-bond donors (Lipinski definition) is 2. The number of rotatable bonds is 2. The highest BCUT2D eigenvalue weighted by atomic mass is 16.4.